The lowest BCUT2D eigenvalue weighted by Crippen LogP contribution is -2.31. The molecule has 0 unspecified atom stereocenters. The van der Waals surface area contributed by atoms with E-state index in [4.69, 9.17) is 28.4 Å². The van der Waals surface area contributed by atoms with E-state index in [9.17, 15) is 4.79 Å². The van der Waals surface area contributed by atoms with Crippen LogP contribution in [-0.4, -0.2) is 45.9 Å². The molecule has 0 fully saturated rings. The van der Waals surface area contributed by atoms with Crippen LogP contribution in [0.4, 0.5) is 0 Å². The van der Waals surface area contributed by atoms with E-state index in [-0.39, 0.29) is 16.2 Å². The van der Waals surface area contributed by atoms with Crippen molar-refractivity contribution in [1.82, 2.24) is 0 Å². The van der Waals surface area contributed by atoms with Crippen LogP contribution in [0.25, 0.3) is 64.7 Å². The molecule has 7 aromatic rings. The molecule has 0 atom stereocenters. The average Bonchev–Trinajstić information content (AvgIpc) is 1.48. The number of fused-ring (bicyclic) bond motifs is 15. The molecule has 0 saturated carbocycles. The predicted molar refractivity (Wildman–Crippen MR) is 386 cm³/mol. The van der Waals surface area contributed by atoms with Crippen molar-refractivity contribution in [3.05, 3.63) is 104 Å². The molecule has 3 aliphatic carbocycles. The van der Waals surface area contributed by atoms with Gasteiger partial charge in [0.2, 0.25) is 0 Å². The van der Waals surface area contributed by atoms with Gasteiger partial charge in [-0.05, 0) is 140 Å². The minimum absolute atomic E-state index is 0.265. The van der Waals surface area contributed by atoms with Crippen molar-refractivity contribution in [3.8, 4) is 99.2 Å². The Bertz CT molecular complexity index is 3630. The third kappa shape index (κ3) is 11.7. The lowest BCUT2D eigenvalue weighted by Gasteiger charge is -2.40. The van der Waals surface area contributed by atoms with Crippen LogP contribution in [0, 0.1) is 0 Å². The van der Waals surface area contributed by atoms with E-state index in [1.165, 1.54) is 184 Å². The standard InChI is InChI=1S/C82H102O7S3/c1-7-13-19-25-37-80(38-26-20-14-8-2)62-50-56(78-74-65(54-91-78)85-44-46-87-74)32-35-59(62)68-70(80)67-58-34-31-55(77-73-64(53-90-77)84-43-45-86-73)49-61(58)81(39-27-21-15-9-3,40-28-22-16-10-4)71(67)69-60-36-33-57(79-76-75(66(52-83)92-79)88-47-48-89-76)51-63(60)82(72(68)69,41-29-23-17-11-5)42-30-24-18-12-6/h31-36,49-54H,7-30,37-48H2,1-6H3. The summed E-state index contributed by atoms with van der Waals surface area (Å²) in [6.07, 6.45) is 36.6. The van der Waals surface area contributed by atoms with Crippen LogP contribution < -0.4 is 28.4 Å². The van der Waals surface area contributed by atoms with E-state index >= 15 is 0 Å². The summed E-state index contributed by atoms with van der Waals surface area (Å²) in [6.45, 7) is 17.5. The fraction of sp³-hybridized carbons (Fsp3) is 0.549. The van der Waals surface area contributed by atoms with Gasteiger partial charge in [-0.25, -0.2) is 0 Å². The third-order valence-corrected chi connectivity index (χ3v) is 25.1. The zero-order valence-electron chi connectivity index (χ0n) is 56.5. The van der Waals surface area contributed by atoms with Crippen molar-refractivity contribution in [2.45, 2.75) is 250 Å². The topological polar surface area (TPSA) is 72.5 Å². The average molecular weight is 1300 g/mol. The molecule has 3 aliphatic heterocycles. The highest BCUT2D eigenvalue weighted by Gasteiger charge is 2.58. The van der Waals surface area contributed by atoms with E-state index in [1.54, 1.807) is 78.5 Å². The number of ether oxygens (including phenoxy) is 6. The van der Waals surface area contributed by atoms with Gasteiger partial charge in [-0.15, -0.1) is 34.0 Å². The van der Waals surface area contributed by atoms with E-state index in [0.717, 1.165) is 96.8 Å². The highest BCUT2D eigenvalue weighted by atomic mass is 32.1. The number of rotatable bonds is 34. The monoisotopic (exact) mass is 1290 g/mol. The Morgan fingerprint density at radius 1 is 0.359 bits per heavy atom. The van der Waals surface area contributed by atoms with E-state index in [0.29, 0.717) is 50.3 Å². The Morgan fingerprint density at radius 3 is 0.989 bits per heavy atom. The van der Waals surface area contributed by atoms with Crippen LogP contribution in [0.2, 0.25) is 0 Å². The number of hydrogen-bond donors (Lipinski definition) is 0. The van der Waals surface area contributed by atoms with Crippen molar-refractivity contribution < 1.29 is 33.2 Å². The van der Waals surface area contributed by atoms with Gasteiger partial charge in [0.15, 0.2) is 40.8 Å². The van der Waals surface area contributed by atoms with Crippen molar-refractivity contribution >= 4 is 40.3 Å². The second-order valence-corrected chi connectivity index (χ2v) is 30.6. The molecule has 4 aromatic carbocycles. The highest BCUT2D eigenvalue weighted by molar-refractivity contribution is 7.18. The summed E-state index contributed by atoms with van der Waals surface area (Å²) in [5, 5.41) is 4.38. The fourth-order valence-corrected chi connectivity index (χ4v) is 20.6. The van der Waals surface area contributed by atoms with Crippen molar-refractivity contribution in [1.29, 1.82) is 0 Å². The molecular formula is C82H102O7S3. The molecule has 0 radical (unpaired) electrons. The Kier molecular flexibility index (Phi) is 20.7. The first-order valence-corrected chi connectivity index (χ1v) is 39.3. The first-order valence-electron chi connectivity index (χ1n) is 36.7. The molecule has 0 saturated heterocycles. The van der Waals surface area contributed by atoms with Crippen LogP contribution >= 0.6 is 34.0 Å². The van der Waals surface area contributed by atoms with Crippen LogP contribution in [0.15, 0.2) is 65.4 Å². The summed E-state index contributed by atoms with van der Waals surface area (Å²) in [6, 6.07) is 23.3. The largest absolute Gasteiger partial charge is 0.485 e. The SMILES string of the molecule is CCCCCCC1(CCCCCC)c2cc(-c3scc4c3OCCO4)ccc2-c2c1c1c(c3c2C(CCCCCC)(CCCCCC)c2cc(-c4sc(C=O)c5c4OCCO5)ccc2-3)C(CCCCCC)(CCCCCC)c2cc(-c3scc4c3OCCO4)ccc2-1. The van der Waals surface area contributed by atoms with Gasteiger partial charge in [0.05, 0.1) is 14.6 Å². The maximum absolute atomic E-state index is 13.0. The van der Waals surface area contributed by atoms with E-state index in [1.807, 2.05) is 0 Å². The lowest BCUT2D eigenvalue weighted by molar-refractivity contribution is 0.111. The van der Waals surface area contributed by atoms with Crippen molar-refractivity contribution in [2.75, 3.05) is 39.6 Å². The molecule has 7 nitrogen and oxygen atoms in total. The first-order chi connectivity index (χ1) is 45.3. The summed E-state index contributed by atoms with van der Waals surface area (Å²) in [4.78, 5) is 17.0. The molecule has 490 valence electrons. The van der Waals surface area contributed by atoms with Gasteiger partial charge >= 0.3 is 0 Å². The van der Waals surface area contributed by atoms with Crippen LogP contribution in [0.5, 0.6) is 34.5 Å². The molecule has 6 aliphatic rings. The maximum Gasteiger partial charge on any atom is 0.183 e. The number of carbonyl (C=O) groups excluding carboxylic acids is 1. The van der Waals surface area contributed by atoms with Crippen LogP contribution in [0.3, 0.4) is 0 Å². The molecular weight excluding hydrogens is 1190 g/mol. The summed E-state index contributed by atoms with van der Waals surface area (Å²) >= 11 is 5.11. The van der Waals surface area contributed by atoms with Crippen molar-refractivity contribution in [2.24, 2.45) is 0 Å². The molecule has 6 heterocycles. The second kappa shape index (κ2) is 29.2. The Morgan fingerprint density at radius 2 is 0.663 bits per heavy atom. The maximum atomic E-state index is 13.0. The normalized spacial score (nSPS) is 16.1. The highest BCUT2D eigenvalue weighted by Crippen LogP contribution is 2.72. The minimum Gasteiger partial charge on any atom is -0.485 e. The lowest BCUT2D eigenvalue weighted by atomic mass is 9.63. The zero-order chi connectivity index (χ0) is 63.2. The van der Waals surface area contributed by atoms with Gasteiger partial charge in [-0.2, -0.15) is 0 Å². The Labute approximate surface area is 562 Å². The quantitative estimate of drug-likeness (QED) is 0.0294. The van der Waals surface area contributed by atoms with Gasteiger partial charge in [0, 0.05) is 27.0 Å². The minimum atomic E-state index is -0.304. The van der Waals surface area contributed by atoms with Gasteiger partial charge < -0.3 is 28.4 Å². The molecule has 92 heavy (non-hydrogen) atoms. The number of carbonyl (C=O) groups is 1. The second-order valence-electron chi connectivity index (χ2n) is 27.8. The van der Waals surface area contributed by atoms with E-state index < -0.39 is 0 Å². The van der Waals surface area contributed by atoms with Crippen LogP contribution in [0.1, 0.15) is 277 Å². The molecule has 0 amide bonds. The number of hydrogen-bond acceptors (Lipinski definition) is 10. The van der Waals surface area contributed by atoms with Gasteiger partial charge in [0.25, 0.3) is 0 Å². The summed E-state index contributed by atoms with van der Waals surface area (Å²) < 4.78 is 38.8. The molecule has 0 N–H and O–H groups in total. The number of benzene rings is 4. The Balaban J connectivity index is 1.19. The smallest absolute Gasteiger partial charge is 0.183 e. The molecule has 10 heteroatoms. The van der Waals surface area contributed by atoms with Gasteiger partial charge in [-0.1, -0.05) is 232 Å². The van der Waals surface area contributed by atoms with Crippen LogP contribution in [-0.2, 0) is 16.2 Å². The molecule has 0 bridgehead atoms. The third-order valence-electron chi connectivity index (χ3n) is 22.0. The first kappa shape index (κ1) is 65.1. The predicted octanol–water partition coefficient (Wildman–Crippen LogP) is 24.6. The van der Waals surface area contributed by atoms with Gasteiger partial charge in [0.1, 0.15) is 44.5 Å². The van der Waals surface area contributed by atoms with E-state index in [2.05, 4.69) is 107 Å². The Hall–Kier alpha value is -5.55. The fourth-order valence-electron chi connectivity index (χ4n) is 17.7. The summed E-state index contributed by atoms with van der Waals surface area (Å²) in [5.74, 6) is 4.92. The molecule has 0 spiro atoms. The van der Waals surface area contributed by atoms with Gasteiger partial charge in [-0.3, -0.25) is 4.79 Å². The number of thiophene rings is 3. The molecule has 13 rings (SSSR count). The number of unbranched alkanes of at least 4 members (excludes halogenated alkanes) is 18. The summed E-state index contributed by atoms with van der Waals surface area (Å²) in [5.41, 5.74) is 21.4. The molecule has 3 aromatic heterocycles. The number of aldehydes is 1. The zero-order valence-corrected chi connectivity index (χ0v) is 58.9. The summed E-state index contributed by atoms with van der Waals surface area (Å²) in [7, 11) is 0. The van der Waals surface area contributed by atoms with Crippen molar-refractivity contribution in [3.63, 3.8) is 0 Å².